The van der Waals surface area contributed by atoms with Crippen LogP contribution in [0.1, 0.15) is 19.8 Å². The number of hydrogen-bond acceptors (Lipinski definition) is 6. The molecule has 0 fully saturated rings. The second-order valence-electron chi connectivity index (χ2n) is 8.98. The van der Waals surface area contributed by atoms with Gasteiger partial charge in [0.15, 0.2) is 5.65 Å². The van der Waals surface area contributed by atoms with Gasteiger partial charge in [-0.15, -0.1) is 0 Å². The number of nitrogens with zero attached hydrogens (tertiary/aromatic N) is 4. The SMILES string of the molecule is CCCC(=O)Nc1cncc(-c2cnc3[nH]nc(-c4cc5c(-c6cc(O)cc(F)c6)cncc5[nH]4)c3c2)c1. The lowest BCUT2D eigenvalue weighted by Gasteiger charge is -2.07. The number of aromatic amines is 2. The van der Waals surface area contributed by atoms with Gasteiger partial charge < -0.3 is 15.4 Å². The van der Waals surface area contributed by atoms with Gasteiger partial charge in [-0.05, 0) is 42.3 Å². The minimum Gasteiger partial charge on any atom is -0.508 e. The molecule has 0 radical (unpaired) electrons. The summed E-state index contributed by atoms with van der Waals surface area (Å²) >= 11 is 0. The van der Waals surface area contributed by atoms with Crippen LogP contribution in [0.3, 0.4) is 0 Å². The van der Waals surface area contributed by atoms with Crippen LogP contribution in [0.25, 0.3) is 55.6 Å². The molecular weight excluding hydrogens is 485 g/mol. The van der Waals surface area contributed by atoms with Crippen molar-refractivity contribution in [2.75, 3.05) is 5.32 Å². The topological polar surface area (TPSA) is 132 Å². The highest BCUT2D eigenvalue weighted by atomic mass is 19.1. The number of phenols is 1. The number of carbonyl (C=O) groups is 1. The third-order valence-corrected chi connectivity index (χ3v) is 6.24. The smallest absolute Gasteiger partial charge is 0.224 e. The van der Waals surface area contributed by atoms with Crippen molar-refractivity contribution in [3.05, 3.63) is 73.2 Å². The average molecular weight is 508 g/mol. The third-order valence-electron chi connectivity index (χ3n) is 6.24. The monoisotopic (exact) mass is 507 g/mol. The fraction of sp³-hybridized carbons (Fsp3) is 0.107. The number of aromatic nitrogens is 6. The molecule has 0 saturated heterocycles. The number of benzene rings is 1. The lowest BCUT2D eigenvalue weighted by molar-refractivity contribution is -0.116. The molecule has 0 atom stereocenters. The first-order chi connectivity index (χ1) is 18.5. The Hall–Kier alpha value is -5.12. The summed E-state index contributed by atoms with van der Waals surface area (Å²) in [7, 11) is 0. The molecule has 1 aromatic carbocycles. The van der Waals surface area contributed by atoms with Crippen molar-refractivity contribution in [3.8, 4) is 39.4 Å². The molecule has 10 heteroatoms. The molecule has 0 aliphatic carbocycles. The van der Waals surface area contributed by atoms with E-state index in [0.717, 1.165) is 45.6 Å². The van der Waals surface area contributed by atoms with Crippen LogP contribution < -0.4 is 5.32 Å². The number of H-pyrrole nitrogens is 2. The van der Waals surface area contributed by atoms with Gasteiger partial charge in [-0.25, -0.2) is 9.37 Å². The van der Waals surface area contributed by atoms with Crippen LogP contribution in [0.15, 0.2) is 67.4 Å². The van der Waals surface area contributed by atoms with Crippen LogP contribution in [0, 0.1) is 5.82 Å². The molecule has 0 aliphatic heterocycles. The van der Waals surface area contributed by atoms with Crippen molar-refractivity contribution in [2.45, 2.75) is 19.8 Å². The molecule has 1 amide bonds. The summed E-state index contributed by atoms with van der Waals surface area (Å²) in [6.07, 6.45) is 9.58. The van der Waals surface area contributed by atoms with Gasteiger partial charge in [0.25, 0.3) is 0 Å². The highest BCUT2D eigenvalue weighted by Crippen LogP contribution is 2.35. The van der Waals surface area contributed by atoms with Crippen LogP contribution in [-0.2, 0) is 4.79 Å². The Balaban J connectivity index is 1.41. The molecule has 5 aromatic heterocycles. The van der Waals surface area contributed by atoms with Crippen molar-refractivity contribution >= 4 is 33.5 Å². The van der Waals surface area contributed by atoms with Crippen molar-refractivity contribution in [2.24, 2.45) is 0 Å². The highest BCUT2D eigenvalue weighted by molar-refractivity contribution is 6.01. The molecule has 0 saturated carbocycles. The van der Waals surface area contributed by atoms with E-state index >= 15 is 0 Å². The maximum absolute atomic E-state index is 14.0. The van der Waals surface area contributed by atoms with Crippen molar-refractivity contribution < 1.29 is 14.3 Å². The summed E-state index contributed by atoms with van der Waals surface area (Å²) in [6, 6.07) is 9.66. The molecule has 0 unspecified atom stereocenters. The van der Waals surface area contributed by atoms with Gasteiger partial charge in [0.05, 0.1) is 29.3 Å². The maximum Gasteiger partial charge on any atom is 0.224 e. The van der Waals surface area contributed by atoms with Crippen LogP contribution in [0.2, 0.25) is 0 Å². The number of amides is 1. The molecule has 188 valence electrons. The zero-order chi connectivity index (χ0) is 26.2. The maximum atomic E-state index is 14.0. The van der Waals surface area contributed by atoms with E-state index in [2.05, 4.69) is 35.5 Å². The molecule has 0 bridgehead atoms. The van der Waals surface area contributed by atoms with Gasteiger partial charge >= 0.3 is 0 Å². The van der Waals surface area contributed by atoms with Gasteiger partial charge in [0, 0.05) is 58.5 Å². The number of hydrogen-bond donors (Lipinski definition) is 4. The van der Waals surface area contributed by atoms with Gasteiger partial charge in [-0.2, -0.15) is 5.10 Å². The molecular formula is C28H22FN7O2. The molecule has 5 heterocycles. The predicted molar refractivity (Wildman–Crippen MR) is 143 cm³/mol. The lowest BCUT2D eigenvalue weighted by Crippen LogP contribution is -2.10. The van der Waals surface area contributed by atoms with Crippen molar-refractivity contribution in [1.82, 2.24) is 30.1 Å². The Morgan fingerprint density at radius 2 is 1.79 bits per heavy atom. The third kappa shape index (κ3) is 4.32. The van der Waals surface area contributed by atoms with E-state index in [-0.39, 0.29) is 11.7 Å². The first kappa shape index (κ1) is 23.3. The number of aromatic hydroxyl groups is 1. The summed E-state index contributed by atoms with van der Waals surface area (Å²) in [5, 5.41) is 21.8. The van der Waals surface area contributed by atoms with E-state index in [9.17, 15) is 14.3 Å². The number of halogens is 1. The van der Waals surface area contributed by atoms with Gasteiger partial charge in [-0.3, -0.25) is 19.9 Å². The number of carbonyl (C=O) groups excluding carboxylic acids is 1. The zero-order valence-electron chi connectivity index (χ0n) is 20.3. The Kier molecular flexibility index (Phi) is 5.76. The number of pyridine rings is 3. The molecule has 4 N–H and O–H groups in total. The summed E-state index contributed by atoms with van der Waals surface area (Å²) in [4.78, 5) is 28.5. The number of fused-ring (bicyclic) bond motifs is 2. The largest absolute Gasteiger partial charge is 0.508 e. The van der Waals surface area contributed by atoms with E-state index in [0.29, 0.717) is 34.6 Å². The lowest BCUT2D eigenvalue weighted by atomic mass is 10.0. The predicted octanol–water partition coefficient (Wildman–Crippen LogP) is 5.81. The Bertz CT molecular complexity index is 1810. The normalized spacial score (nSPS) is 11.3. The van der Waals surface area contributed by atoms with Crippen LogP contribution in [0.4, 0.5) is 10.1 Å². The number of nitrogens with one attached hydrogen (secondary N) is 3. The molecule has 38 heavy (non-hydrogen) atoms. The molecule has 0 spiro atoms. The number of rotatable bonds is 6. The standard InChI is InChI=1S/C28H22FN7O2/c1-2-3-26(38)33-19-5-16(10-30-12-19)17-7-22-27(35-36-28(22)32-11-17)24-9-21-23(13-31-14-25(21)34-24)15-4-18(29)8-20(37)6-15/h4-14,34,37H,2-3H2,1H3,(H,33,38)(H,32,35,36). The second-order valence-corrected chi connectivity index (χ2v) is 8.98. The van der Waals surface area contributed by atoms with Crippen molar-refractivity contribution in [1.29, 1.82) is 0 Å². The van der Waals surface area contributed by atoms with E-state index in [1.165, 1.54) is 12.1 Å². The summed E-state index contributed by atoms with van der Waals surface area (Å²) in [5.74, 6) is -0.750. The first-order valence-corrected chi connectivity index (χ1v) is 12.0. The average Bonchev–Trinajstić information content (AvgIpc) is 3.52. The van der Waals surface area contributed by atoms with Crippen LogP contribution in [-0.4, -0.2) is 41.1 Å². The van der Waals surface area contributed by atoms with E-state index in [4.69, 9.17) is 0 Å². The fourth-order valence-corrected chi connectivity index (χ4v) is 4.52. The summed E-state index contributed by atoms with van der Waals surface area (Å²) in [6.45, 7) is 1.95. The summed E-state index contributed by atoms with van der Waals surface area (Å²) < 4.78 is 14.0. The van der Waals surface area contributed by atoms with Crippen molar-refractivity contribution in [3.63, 3.8) is 0 Å². The zero-order valence-corrected chi connectivity index (χ0v) is 20.3. The number of phenolic OH excluding ortho intramolecular Hbond substituents is 1. The van der Waals surface area contributed by atoms with Crippen LogP contribution >= 0.6 is 0 Å². The minimum atomic E-state index is -0.534. The molecule has 6 rings (SSSR count). The van der Waals surface area contributed by atoms with E-state index < -0.39 is 5.82 Å². The first-order valence-electron chi connectivity index (χ1n) is 12.0. The van der Waals surface area contributed by atoms with Gasteiger partial charge in [0.2, 0.25) is 5.91 Å². The second kappa shape index (κ2) is 9.40. The molecule has 0 aliphatic rings. The Morgan fingerprint density at radius 3 is 2.63 bits per heavy atom. The fourth-order valence-electron chi connectivity index (χ4n) is 4.52. The Morgan fingerprint density at radius 1 is 0.947 bits per heavy atom. The van der Waals surface area contributed by atoms with Crippen LogP contribution in [0.5, 0.6) is 5.75 Å². The summed E-state index contributed by atoms with van der Waals surface area (Å²) in [5.41, 5.74) is 6.14. The number of anilines is 1. The van der Waals surface area contributed by atoms with E-state index in [1.807, 2.05) is 25.1 Å². The molecule has 6 aromatic rings. The van der Waals surface area contributed by atoms with Gasteiger partial charge in [-0.1, -0.05) is 6.92 Å². The van der Waals surface area contributed by atoms with E-state index in [1.54, 1.807) is 31.0 Å². The molecule has 9 nitrogen and oxygen atoms in total. The van der Waals surface area contributed by atoms with Gasteiger partial charge in [0.1, 0.15) is 17.3 Å². The Labute approximate surface area is 215 Å². The highest BCUT2D eigenvalue weighted by Gasteiger charge is 2.16. The minimum absolute atomic E-state index is 0.0572. The quantitative estimate of drug-likeness (QED) is 0.225.